The Morgan fingerprint density at radius 3 is 2.28 bits per heavy atom. The fourth-order valence-electron chi connectivity index (χ4n) is 1.77. The van der Waals surface area contributed by atoms with Crippen molar-refractivity contribution in [3.8, 4) is 12.1 Å². The van der Waals surface area contributed by atoms with Gasteiger partial charge in [-0.1, -0.05) is 12.1 Å². The highest BCUT2D eigenvalue weighted by atomic mass is 15.2. The van der Waals surface area contributed by atoms with E-state index in [1.165, 1.54) is 0 Å². The fourth-order valence-corrected chi connectivity index (χ4v) is 1.77. The largest absolute Gasteiger partial charge is 0.318 e. The molecule has 5 nitrogen and oxygen atoms in total. The molecular formula is C13H11N5. The van der Waals surface area contributed by atoms with Crippen LogP contribution in [0.15, 0.2) is 36.9 Å². The Hall–Kier alpha value is -2.66. The van der Waals surface area contributed by atoms with Crippen LogP contribution in [0.5, 0.6) is 0 Å². The van der Waals surface area contributed by atoms with Gasteiger partial charge < -0.3 is 4.57 Å². The SMILES string of the molecule is CC(C#N)(Cn1cnnc1)c1ccc(C#N)cc1. The van der Waals surface area contributed by atoms with Gasteiger partial charge in [0.1, 0.15) is 12.7 Å². The topological polar surface area (TPSA) is 78.3 Å². The van der Waals surface area contributed by atoms with E-state index in [9.17, 15) is 5.26 Å². The highest BCUT2D eigenvalue weighted by molar-refractivity contribution is 5.37. The van der Waals surface area contributed by atoms with Crippen molar-refractivity contribution in [2.24, 2.45) is 0 Å². The Bertz CT molecular complexity index is 600. The van der Waals surface area contributed by atoms with Gasteiger partial charge in [0.25, 0.3) is 0 Å². The number of aromatic nitrogens is 3. The molecule has 0 saturated heterocycles. The molecule has 0 fully saturated rings. The summed E-state index contributed by atoms with van der Waals surface area (Å²) in [6, 6.07) is 11.4. The highest BCUT2D eigenvalue weighted by Crippen LogP contribution is 2.25. The quantitative estimate of drug-likeness (QED) is 0.812. The van der Waals surface area contributed by atoms with Crippen LogP contribution in [0.1, 0.15) is 18.1 Å². The molecule has 18 heavy (non-hydrogen) atoms. The molecule has 1 aromatic carbocycles. The molecule has 0 saturated carbocycles. The number of hydrogen-bond acceptors (Lipinski definition) is 4. The van der Waals surface area contributed by atoms with Gasteiger partial charge in [0, 0.05) is 6.54 Å². The molecule has 2 aromatic rings. The molecule has 1 unspecified atom stereocenters. The lowest BCUT2D eigenvalue weighted by Gasteiger charge is -2.22. The molecule has 0 N–H and O–H groups in total. The van der Waals surface area contributed by atoms with E-state index in [1.54, 1.807) is 29.4 Å². The Balaban J connectivity index is 2.32. The summed E-state index contributed by atoms with van der Waals surface area (Å²) < 4.78 is 1.77. The van der Waals surface area contributed by atoms with Crippen LogP contribution >= 0.6 is 0 Å². The van der Waals surface area contributed by atoms with Gasteiger partial charge in [-0.3, -0.25) is 0 Å². The van der Waals surface area contributed by atoms with E-state index >= 15 is 0 Å². The Morgan fingerprint density at radius 1 is 1.17 bits per heavy atom. The Morgan fingerprint density at radius 2 is 1.78 bits per heavy atom. The lowest BCUT2D eigenvalue weighted by molar-refractivity contribution is 0.495. The molecule has 88 valence electrons. The van der Waals surface area contributed by atoms with Crippen LogP contribution in [-0.2, 0) is 12.0 Å². The van der Waals surface area contributed by atoms with Crippen LogP contribution in [0.3, 0.4) is 0 Å². The second kappa shape index (κ2) is 4.68. The monoisotopic (exact) mass is 237 g/mol. The maximum Gasteiger partial charge on any atom is 0.119 e. The summed E-state index contributed by atoms with van der Waals surface area (Å²) in [4.78, 5) is 0. The van der Waals surface area contributed by atoms with Crippen molar-refractivity contribution in [2.75, 3.05) is 0 Å². The van der Waals surface area contributed by atoms with Crippen molar-refractivity contribution < 1.29 is 0 Å². The van der Waals surface area contributed by atoms with Crippen LogP contribution in [-0.4, -0.2) is 14.8 Å². The van der Waals surface area contributed by atoms with Crippen molar-refractivity contribution >= 4 is 0 Å². The molecule has 0 aliphatic rings. The number of nitriles is 2. The molecule has 1 heterocycles. The molecule has 2 rings (SSSR count). The minimum atomic E-state index is -0.670. The predicted octanol–water partition coefficient (Wildman–Crippen LogP) is 1.63. The molecule has 1 aromatic heterocycles. The van der Waals surface area contributed by atoms with Crippen LogP contribution in [0.25, 0.3) is 0 Å². The summed E-state index contributed by atoms with van der Waals surface area (Å²) >= 11 is 0. The van der Waals surface area contributed by atoms with Gasteiger partial charge in [-0.25, -0.2) is 0 Å². The van der Waals surface area contributed by atoms with Crippen LogP contribution in [0, 0.1) is 22.7 Å². The van der Waals surface area contributed by atoms with Crippen molar-refractivity contribution in [3.63, 3.8) is 0 Å². The van der Waals surface area contributed by atoms with Crippen molar-refractivity contribution in [1.82, 2.24) is 14.8 Å². The normalized spacial score (nSPS) is 13.3. The summed E-state index contributed by atoms with van der Waals surface area (Å²) in [7, 11) is 0. The second-order valence-corrected chi connectivity index (χ2v) is 4.27. The smallest absolute Gasteiger partial charge is 0.119 e. The number of rotatable bonds is 3. The number of nitrogens with zero attached hydrogens (tertiary/aromatic N) is 5. The molecule has 0 bridgehead atoms. The maximum atomic E-state index is 9.39. The average molecular weight is 237 g/mol. The molecule has 0 aliphatic carbocycles. The Labute approximate surface area is 105 Å². The van der Waals surface area contributed by atoms with Gasteiger partial charge in [-0.15, -0.1) is 10.2 Å². The third-order valence-corrected chi connectivity index (χ3v) is 2.86. The van der Waals surface area contributed by atoms with E-state index in [4.69, 9.17) is 5.26 Å². The van der Waals surface area contributed by atoms with Gasteiger partial charge >= 0.3 is 0 Å². The van der Waals surface area contributed by atoms with E-state index in [-0.39, 0.29) is 0 Å². The molecule has 0 aliphatic heterocycles. The lowest BCUT2D eigenvalue weighted by atomic mass is 9.83. The first-order valence-electron chi connectivity index (χ1n) is 5.42. The van der Waals surface area contributed by atoms with E-state index < -0.39 is 5.41 Å². The van der Waals surface area contributed by atoms with Crippen molar-refractivity contribution in [2.45, 2.75) is 18.9 Å². The minimum Gasteiger partial charge on any atom is -0.318 e. The van der Waals surface area contributed by atoms with Gasteiger partial charge in [0.2, 0.25) is 0 Å². The van der Waals surface area contributed by atoms with Crippen LogP contribution < -0.4 is 0 Å². The zero-order valence-corrected chi connectivity index (χ0v) is 9.91. The van der Waals surface area contributed by atoms with Crippen LogP contribution in [0.4, 0.5) is 0 Å². The standard InChI is InChI=1S/C13H11N5/c1-13(7-15,8-18-9-16-17-10-18)12-4-2-11(6-14)3-5-12/h2-5,9-10H,8H2,1H3. The van der Waals surface area contributed by atoms with E-state index in [1.807, 2.05) is 19.1 Å². The van der Waals surface area contributed by atoms with E-state index in [0.29, 0.717) is 12.1 Å². The zero-order valence-electron chi connectivity index (χ0n) is 9.91. The van der Waals surface area contributed by atoms with Crippen molar-refractivity contribution in [1.29, 1.82) is 10.5 Å². The predicted molar refractivity (Wildman–Crippen MR) is 64.1 cm³/mol. The third kappa shape index (κ3) is 2.21. The van der Waals surface area contributed by atoms with Gasteiger partial charge in [-0.2, -0.15) is 10.5 Å². The van der Waals surface area contributed by atoms with Crippen LogP contribution in [0.2, 0.25) is 0 Å². The first kappa shape index (κ1) is 11.8. The summed E-state index contributed by atoms with van der Waals surface area (Å²) in [5.74, 6) is 0. The van der Waals surface area contributed by atoms with E-state index in [0.717, 1.165) is 5.56 Å². The second-order valence-electron chi connectivity index (χ2n) is 4.27. The molecule has 0 spiro atoms. The first-order valence-corrected chi connectivity index (χ1v) is 5.42. The summed E-state index contributed by atoms with van der Waals surface area (Å²) in [5.41, 5.74) is 0.789. The first-order chi connectivity index (χ1) is 8.68. The summed E-state index contributed by atoms with van der Waals surface area (Å²) in [6.45, 7) is 2.33. The van der Waals surface area contributed by atoms with Crippen molar-refractivity contribution in [3.05, 3.63) is 48.0 Å². The number of hydrogen-bond donors (Lipinski definition) is 0. The molecular weight excluding hydrogens is 226 g/mol. The molecule has 0 amide bonds. The number of benzene rings is 1. The summed E-state index contributed by atoms with van der Waals surface area (Å²) in [6.07, 6.45) is 3.17. The zero-order chi connectivity index (χ0) is 13.0. The van der Waals surface area contributed by atoms with Gasteiger partial charge in [0.05, 0.1) is 23.1 Å². The molecule has 0 radical (unpaired) electrons. The summed E-state index contributed by atoms with van der Waals surface area (Å²) in [5, 5.41) is 25.6. The molecule has 5 heteroatoms. The molecule has 1 atom stereocenters. The highest BCUT2D eigenvalue weighted by Gasteiger charge is 2.27. The average Bonchev–Trinajstić information content (AvgIpc) is 2.91. The van der Waals surface area contributed by atoms with Gasteiger partial charge in [-0.05, 0) is 24.6 Å². The Kier molecular flexibility index (Phi) is 3.07. The van der Waals surface area contributed by atoms with E-state index in [2.05, 4.69) is 22.3 Å². The van der Waals surface area contributed by atoms with Gasteiger partial charge in [0.15, 0.2) is 0 Å². The minimum absolute atomic E-state index is 0.475. The lowest BCUT2D eigenvalue weighted by Crippen LogP contribution is -2.25. The third-order valence-electron chi connectivity index (χ3n) is 2.86. The fraction of sp³-hybridized carbons (Fsp3) is 0.231. The maximum absolute atomic E-state index is 9.39.